The van der Waals surface area contributed by atoms with Gasteiger partial charge in [-0.3, -0.25) is 4.79 Å². The number of ketones is 1. The van der Waals surface area contributed by atoms with Crippen LogP contribution >= 0.6 is 0 Å². The molecule has 4 rings (SSSR count). The molecule has 0 bridgehead atoms. The van der Waals surface area contributed by atoms with E-state index in [0.717, 1.165) is 43.3 Å². The lowest BCUT2D eigenvalue weighted by Crippen LogP contribution is -2.55. The summed E-state index contributed by atoms with van der Waals surface area (Å²) in [6.45, 7) is 10.7. The van der Waals surface area contributed by atoms with Crippen molar-refractivity contribution in [3.05, 3.63) is 0 Å². The fraction of sp³-hybridized carbons (Fsp3) is 0.926. The van der Waals surface area contributed by atoms with Gasteiger partial charge in [-0.25, -0.2) is 11.0 Å². The average molecular weight is 461 g/mol. The number of hydrazone groups is 1. The van der Waals surface area contributed by atoms with Gasteiger partial charge in [0, 0.05) is 19.1 Å². The highest BCUT2D eigenvalue weighted by molar-refractivity contribution is 5.84. The van der Waals surface area contributed by atoms with Crippen LogP contribution in [0, 0.1) is 46.3 Å². The van der Waals surface area contributed by atoms with Crippen LogP contribution in [-0.4, -0.2) is 36.5 Å². The zero-order valence-electron chi connectivity index (χ0n) is 21.5. The molecule has 0 aromatic heterocycles. The Hall–Kier alpha value is -1.14. The lowest BCUT2D eigenvalue weighted by atomic mass is 9.43. The number of carbonyl (C=O) groups excluding carboxylic acids is 1. The van der Waals surface area contributed by atoms with Crippen molar-refractivity contribution >= 4 is 11.6 Å². The van der Waals surface area contributed by atoms with Gasteiger partial charge in [-0.1, -0.05) is 13.8 Å². The Labute approximate surface area is 201 Å². The van der Waals surface area contributed by atoms with Crippen molar-refractivity contribution in [3.63, 3.8) is 0 Å². The van der Waals surface area contributed by atoms with E-state index in [-0.39, 0.29) is 23.7 Å². The van der Waals surface area contributed by atoms with E-state index >= 15 is 0 Å². The fourth-order valence-electron chi connectivity index (χ4n) is 9.32. The zero-order chi connectivity index (χ0) is 23.8. The van der Waals surface area contributed by atoms with Gasteiger partial charge >= 0.3 is 0 Å². The Balaban J connectivity index is 1.48. The Morgan fingerprint density at radius 2 is 1.88 bits per heavy atom. The van der Waals surface area contributed by atoms with Crippen molar-refractivity contribution in [2.75, 3.05) is 19.8 Å². The van der Waals surface area contributed by atoms with Crippen LogP contribution < -0.4 is 11.6 Å². The van der Waals surface area contributed by atoms with E-state index < -0.39 is 0 Å². The highest BCUT2D eigenvalue weighted by atomic mass is 16.5. The average Bonchev–Trinajstić information content (AvgIpc) is 3.13. The third-order valence-corrected chi connectivity index (χ3v) is 10.7. The minimum absolute atomic E-state index is 0.111. The number of nitrogens with zero attached hydrogens (tertiary/aromatic N) is 2. The number of hydrogen-bond acceptors (Lipinski definition) is 5. The maximum absolute atomic E-state index is 13.3. The Bertz CT molecular complexity index is 738. The van der Waals surface area contributed by atoms with E-state index in [9.17, 15) is 4.79 Å². The third kappa shape index (κ3) is 4.47. The van der Waals surface area contributed by atoms with Crippen molar-refractivity contribution in [2.24, 2.45) is 63.0 Å². The molecule has 4 saturated carbocycles. The summed E-state index contributed by atoms with van der Waals surface area (Å²) >= 11 is 0. The second-order valence-corrected chi connectivity index (χ2v) is 12.0. The van der Waals surface area contributed by atoms with Crippen molar-refractivity contribution < 1.29 is 9.53 Å². The van der Waals surface area contributed by atoms with Gasteiger partial charge in [-0.05, 0) is 118 Å². The number of rotatable bonds is 8. The van der Waals surface area contributed by atoms with Gasteiger partial charge in [0.1, 0.15) is 12.4 Å². The molecule has 0 saturated heterocycles. The Morgan fingerprint density at radius 1 is 1.09 bits per heavy atom. The van der Waals surface area contributed by atoms with Gasteiger partial charge in [-0.2, -0.15) is 0 Å². The van der Waals surface area contributed by atoms with Crippen molar-refractivity contribution in [1.29, 1.82) is 0 Å². The van der Waals surface area contributed by atoms with Crippen molar-refractivity contribution in [3.8, 4) is 0 Å². The first-order valence-electron chi connectivity index (χ1n) is 13.7. The molecular weight excluding hydrogens is 412 g/mol. The van der Waals surface area contributed by atoms with Gasteiger partial charge in [0.15, 0.2) is 5.78 Å². The topological polar surface area (TPSA) is 93.9 Å². The summed E-state index contributed by atoms with van der Waals surface area (Å²) in [4.78, 5) is 13.3. The highest BCUT2D eigenvalue weighted by Gasteiger charge is 2.61. The SMILES string of the molecule is CCOCC1CCC2(CC)C(CCC3C4CCC(C(=O)CN(N)/N=C(/C)N)C4(C)CCC32)C1. The molecule has 0 spiro atoms. The van der Waals surface area contributed by atoms with Crippen LogP contribution in [0.5, 0.6) is 0 Å². The first-order chi connectivity index (χ1) is 15.7. The number of ether oxygens (including phenoxy) is 1. The maximum atomic E-state index is 13.3. The van der Waals surface area contributed by atoms with E-state index in [2.05, 4.69) is 25.9 Å². The summed E-state index contributed by atoms with van der Waals surface area (Å²) in [5.74, 6) is 10.6. The normalized spacial score (nSPS) is 42.9. The molecule has 0 radical (unpaired) electrons. The molecular formula is C27H48N4O2. The predicted octanol–water partition coefficient (Wildman–Crippen LogP) is 4.73. The Kier molecular flexibility index (Phi) is 7.45. The summed E-state index contributed by atoms with van der Waals surface area (Å²) in [7, 11) is 0. The van der Waals surface area contributed by atoms with E-state index in [1.165, 1.54) is 62.9 Å². The molecule has 0 amide bonds. The first-order valence-corrected chi connectivity index (χ1v) is 13.7. The molecule has 4 aliphatic rings. The van der Waals surface area contributed by atoms with E-state index in [4.69, 9.17) is 16.3 Å². The van der Waals surface area contributed by atoms with Crippen molar-refractivity contribution in [1.82, 2.24) is 5.12 Å². The summed E-state index contributed by atoms with van der Waals surface area (Å²) in [6, 6.07) is 0. The highest BCUT2D eigenvalue weighted by Crippen LogP contribution is 2.68. The van der Waals surface area contributed by atoms with Gasteiger partial charge in [0.05, 0.1) is 0 Å². The van der Waals surface area contributed by atoms with E-state index in [1.54, 1.807) is 6.92 Å². The van der Waals surface area contributed by atoms with Crippen LogP contribution in [0.1, 0.15) is 91.9 Å². The van der Waals surface area contributed by atoms with Gasteiger partial charge in [0.2, 0.25) is 0 Å². The van der Waals surface area contributed by atoms with Crippen LogP contribution in [0.15, 0.2) is 5.10 Å². The van der Waals surface area contributed by atoms with Crippen LogP contribution in [0.2, 0.25) is 0 Å². The predicted molar refractivity (Wildman–Crippen MR) is 133 cm³/mol. The monoisotopic (exact) mass is 460 g/mol. The molecule has 0 heterocycles. The number of fused-ring (bicyclic) bond motifs is 5. The number of carbonyl (C=O) groups is 1. The molecule has 0 aromatic rings. The number of Topliss-reactive ketones (excluding diaryl/α,β-unsaturated/α-hetero) is 1. The van der Waals surface area contributed by atoms with Crippen LogP contribution in [0.25, 0.3) is 0 Å². The van der Waals surface area contributed by atoms with Crippen LogP contribution in [0.4, 0.5) is 0 Å². The maximum Gasteiger partial charge on any atom is 0.159 e. The second-order valence-electron chi connectivity index (χ2n) is 12.0. The molecule has 8 unspecified atom stereocenters. The number of nitrogens with two attached hydrogens (primary N) is 2. The molecule has 6 heteroatoms. The number of hydrogen-bond donors (Lipinski definition) is 2. The van der Waals surface area contributed by atoms with Gasteiger partial charge in [-0.15, -0.1) is 5.10 Å². The van der Waals surface area contributed by atoms with Gasteiger partial charge in [0.25, 0.3) is 0 Å². The van der Waals surface area contributed by atoms with Gasteiger partial charge < -0.3 is 10.5 Å². The second kappa shape index (κ2) is 9.85. The molecule has 4 fully saturated rings. The van der Waals surface area contributed by atoms with E-state index in [1.807, 2.05) is 0 Å². The fourth-order valence-corrected chi connectivity index (χ4v) is 9.32. The lowest BCUT2D eigenvalue weighted by Gasteiger charge is -2.62. The standard InChI is InChI=1S/C27H48N4O2/c1-5-27-14-11-19(17-33-6-2)15-20(27)7-8-21-22-9-10-24(26(22,4)13-12-23(21)27)25(32)16-31(29)30-18(3)28/h19-24H,5-17,29H2,1-4H3,(H2,28,30). The minimum Gasteiger partial charge on any atom is -0.386 e. The quantitative estimate of drug-likeness (QED) is 0.236. The summed E-state index contributed by atoms with van der Waals surface area (Å²) < 4.78 is 5.82. The third-order valence-electron chi connectivity index (χ3n) is 10.7. The molecule has 33 heavy (non-hydrogen) atoms. The smallest absolute Gasteiger partial charge is 0.159 e. The molecule has 6 nitrogen and oxygen atoms in total. The Morgan fingerprint density at radius 3 is 2.58 bits per heavy atom. The lowest BCUT2D eigenvalue weighted by molar-refractivity contribution is -0.143. The molecule has 0 aliphatic heterocycles. The zero-order valence-corrected chi connectivity index (χ0v) is 21.5. The number of amidine groups is 1. The largest absolute Gasteiger partial charge is 0.386 e. The van der Waals surface area contributed by atoms with E-state index in [0.29, 0.717) is 17.2 Å². The molecule has 0 aromatic carbocycles. The molecule has 188 valence electrons. The van der Waals surface area contributed by atoms with Crippen molar-refractivity contribution in [2.45, 2.75) is 91.9 Å². The summed E-state index contributed by atoms with van der Waals surface area (Å²) in [5.41, 5.74) is 6.29. The molecule has 4 aliphatic carbocycles. The molecule has 8 atom stereocenters. The number of hydrazine groups is 1. The van der Waals surface area contributed by atoms with Crippen LogP contribution in [-0.2, 0) is 9.53 Å². The summed E-state index contributed by atoms with van der Waals surface area (Å²) in [6.07, 6.45) is 12.9. The first kappa shape index (κ1) is 25.0. The minimum atomic E-state index is 0.111. The molecule has 4 N–H and O–H groups in total. The summed E-state index contributed by atoms with van der Waals surface area (Å²) in [5, 5.41) is 5.28. The van der Waals surface area contributed by atoms with Crippen LogP contribution in [0.3, 0.4) is 0 Å².